The number of halogens is 1. The van der Waals surface area contributed by atoms with E-state index in [4.69, 9.17) is 19.9 Å². The van der Waals surface area contributed by atoms with Crippen molar-refractivity contribution in [3.63, 3.8) is 0 Å². The summed E-state index contributed by atoms with van der Waals surface area (Å²) in [5, 5.41) is 2.49. The lowest BCUT2D eigenvalue weighted by molar-refractivity contribution is -0.0950. The molecule has 2 aromatic carbocycles. The van der Waals surface area contributed by atoms with Gasteiger partial charge in [-0.3, -0.25) is 0 Å². The summed E-state index contributed by atoms with van der Waals surface area (Å²) >= 11 is 0. The number of amides is 2. The number of hydrogen-bond donors (Lipinski definition) is 2. The number of anilines is 1. The summed E-state index contributed by atoms with van der Waals surface area (Å²) in [4.78, 5) is 10.8. The molecule has 3 rings (SSSR count). The van der Waals surface area contributed by atoms with Crippen molar-refractivity contribution in [3.8, 4) is 5.75 Å². The van der Waals surface area contributed by atoms with Gasteiger partial charge >= 0.3 is 6.03 Å². The van der Waals surface area contributed by atoms with Gasteiger partial charge in [-0.25, -0.2) is 9.18 Å². The van der Waals surface area contributed by atoms with Gasteiger partial charge in [-0.1, -0.05) is 12.1 Å². The third kappa shape index (κ3) is 4.75. The van der Waals surface area contributed by atoms with Crippen molar-refractivity contribution in [1.82, 2.24) is 0 Å². The number of urea groups is 1. The van der Waals surface area contributed by atoms with Crippen LogP contribution in [0.3, 0.4) is 0 Å². The third-order valence-corrected chi connectivity index (χ3v) is 4.72. The van der Waals surface area contributed by atoms with Crippen molar-refractivity contribution < 1.29 is 23.4 Å². The largest absolute Gasteiger partial charge is 0.489 e. The summed E-state index contributed by atoms with van der Waals surface area (Å²) in [7, 11) is 1.64. The summed E-state index contributed by atoms with van der Waals surface area (Å²) in [5.41, 5.74) is 6.76. The topological polar surface area (TPSA) is 82.8 Å². The molecule has 144 valence electrons. The molecular formula is C20H23FN2O4. The number of nitrogens with two attached hydrogens (primary N) is 1. The van der Waals surface area contributed by atoms with Crippen LogP contribution in [0, 0.1) is 5.82 Å². The van der Waals surface area contributed by atoms with Crippen molar-refractivity contribution in [2.45, 2.75) is 25.0 Å². The first-order valence-electron chi connectivity index (χ1n) is 8.73. The van der Waals surface area contributed by atoms with E-state index in [1.54, 1.807) is 31.4 Å². The monoisotopic (exact) mass is 374 g/mol. The molecule has 6 nitrogen and oxygen atoms in total. The molecule has 0 saturated carbocycles. The fourth-order valence-electron chi connectivity index (χ4n) is 3.21. The molecule has 0 spiro atoms. The number of benzene rings is 2. The zero-order valence-electron chi connectivity index (χ0n) is 15.2. The molecule has 1 heterocycles. The first-order chi connectivity index (χ1) is 13.0. The lowest BCUT2D eigenvalue weighted by Crippen LogP contribution is -2.35. The van der Waals surface area contributed by atoms with Crippen LogP contribution in [0.25, 0.3) is 0 Å². The van der Waals surface area contributed by atoms with Crippen molar-refractivity contribution in [2.24, 2.45) is 5.73 Å². The maximum atomic E-state index is 14.2. The number of rotatable bonds is 6. The molecule has 2 amide bonds. The van der Waals surface area contributed by atoms with Gasteiger partial charge in [0.2, 0.25) is 0 Å². The first-order valence-corrected chi connectivity index (χ1v) is 8.73. The number of nitrogens with one attached hydrogen (secondary N) is 1. The number of hydrogen-bond acceptors (Lipinski definition) is 4. The summed E-state index contributed by atoms with van der Waals surface area (Å²) < 4.78 is 31.1. The highest BCUT2D eigenvalue weighted by molar-refractivity contribution is 5.87. The molecule has 0 radical (unpaired) electrons. The summed E-state index contributed by atoms with van der Waals surface area (Å²) in [6, 6.07) is 11.1. The molecule has 0 aromatic heterocycles. The van der Waals surface area contributed by atoms with E-state index in [1.165, 1.54) is 12.1 Å². The summed E-state index contributed by atoms with van der Waals surface area (Å²) in [6.45, 7) is 1.42. The number of carbonyl (C=O) groups is 1. The molecule has 2 aromatic rings. The zero-order chi connectivity index (χ0) is 19.3. The Balaban J connectivity index is 1.72. The van der Waals surface area contributed by atoms with Gasteiger partial charge in [0.15, 0.2) is 0 Å². The van der Waals surface area contributed by atoms with E-state index in [0.717, 1.165) is 11.1 Å². The number of primary amides is 1. The van der Waals surface area contributed by atoms with Crippen LogP contribution in [0.4, 0.5) is 14.9 Å². The number of ether oxygens (including phenoxy) is 3. The van der Waals surface area contributed by atoms with E-state index < -0.39 is 11.6 Å². The number of methoxy groups -OCH3 is 1. The lowest BCUT2D eigenvalue weighted by atomic mass is 9.86. The molecule has 0 unspecified atom stereocenters. The Hall–Kier alpha value is -2.64. The molecular weight excluding hydrogens is 351 g/mol. The van der Waals surface area contributed by atoms with Crippen molar-refractivity contribution in [1.29, 1.82) is 0 Å². The molecule has 0 bridgehead atoms. The highest BCUT2D eigenvalue weighted by Crippen LogP contribution is 2.37. The third-order valence-electron chi connectivity index (χ3n) is 4.72. The summed E-state index contributed by atoms with van der Waals surface area (Å²) in [5.74, 6) is 0.0682. The van der Waals surface area contributed by atoms with E-state index in [1.807, 2.05) is 6.07 Å². The second-order valence-corrected chi connectivity index (χ2v) is 6.46. The molecule has 7 heteroatoms. The fourth-order valence-corrected chi connectivity index (χ4v) is 3.21. The zero-order valence-corrected chi connectivity index (χ0v) is 15.2. The molecule has 1 aliphatic rings. The molecule has 1 fully saturated rings. The van der Waals surface area contributed by atoms with Crippen molar-refractivity contribution >= 4 is 11.7 Å². The Labute approximate surface area is 157 Å². The highest BCUT2D eigenvalue weighted by atomic mass is 19.1. The van der Waals surface area contributed by atoms with E-state index in [0.29, 0.717) is 37.5 Å². The normalized spacial score (nSPS) is 15.9. The van der Waals surface area contributed by atoms with Gasteiger partial charge in [0.05, 0.1) is 5.60 Å². The van der Waals surface area contributed by atoms with Crippen LogP contribution >= 0.6 is 0 Å². The standard InChI is InChI=1S/C20H23FN2O4/c1-25-20(6-8-26-9-7-20)15-10-16(21)12-18(11-15)27-13-14-2-4-17(5-3-14)23-19(22)24/h2-5,10-12H,6-9,13H2,1H3,(H3,22,23,24). The summed E-state index contributed by atoms with van der Waals surface area (Å²) in [6.07, 6.45) is 1.33. The van der Waals surface area contributed by atoms with Crippen LogP contribution in [0.2, 0.25) is 0 Å². The Morgan fingerprint density at radius 3 is 2.56 bits per heavy atom. The van der Waals surface area contributed by atoms with Crippen LogP contribution in [-0.2, 0) is 21.7 Å². The maximum Gasteiger partial charge on any atom is 0.316 e. The van der Waals surface area contributed by atoms with Crippen molar-refractivity contribution in [2.75, 3.05) is 25.6 Å². The van der Waals surface area contributed by atoms with Gasteiger partial charge in [-0.15, -0.1) is 0 Å². The van der Waals surface area contributed by atoms with Crippen LogP contribution in [0.5, 0.6) is 5.75 Å². The molecule has 0 aliphatic carbocycles. The minimum atomic E-state index is -0.619. The fraction of sp³-hybridized carbons (Fsp3) is 0.350. The smallest absolute Gasteiger partial charge is 0.316 e. The van der Waals surface area contributed by atoms with Crippen LogP contribution in [-0.4, -0.2) is 26.4 Å². The van der Waals surface area contributed by atoms with E-state index >= 15 is 0 Å². The average Bonchev–Trinajstić information content (AvgIpc) is 2.67. The van der Waals surface area contributed by atoms with E-state index in [-0.39, 0.29) is 12.4 Å². The van der Waals surface area contributed by atoms with E-state index in [9.17, 15) is 9.18 Å². The average molecular weight is 374 g/mol. The molecule has 1 saturated heterocycles. The van der Waals surface area contributed by atoms with Crippen LogP contribution < -0.4 is 15.8 Å². The van der Waals surface area contributed by atoms with Gasteiger partial charge in [0.1, 0.15) is 18.2 Å². The maximum absolute atomic E-state index is 14.2. The van der Waals surface area contributed by atoms with Crippen molar-refractivity contribution in [3.05, 3.63) is 59.4 Å². The van der Waals surface area contributed by atoms with Crippen LogP contribution in [0.15, 0.2) is 42.5 Å². The Kier molecular flexibility index (Phi) is 5.93. The predicted molar refractivity (Wildman–Crippen MR) is 99.1 cm³/mol. The Morgan fingerprint density at radius 1 is 1.22 bits per heavy atom. The molecule has 1 aliphatic heterocycles. The van der Waals surface area contributed by atoms with E-state index in [2.05, 4.69) is 5.32 Å². The van der Waals surface area contributed by atoms with Gasteiger partial charge in [-0.2, -0.15) is 0 Å². The Bertz CT molecular complexity index is 789. The SMILES string of the molecule is COC1(c2cc(F)cc(OCc3ccc(NC(N)=O)cc3)c2)CCOCC1. The minimum absolute atomic E-state index is 0.267. The van der Waals surface area contributed by atoms with Gasteiger partial charge < -0.3 is 25.3 Å². The second kappa shape index (κ2) is 8.37. The number of carbonyl (C=O) groups excluding carboxylic acids is 1. The Morgan fingerprint density at radius 2 is 1.93 bits per heavy atom. The molecule has 27 heavy (non-hydrogen) atoms. The molecule has 0 atom stereocenters. The second-order valence-electron chi connectivity index (χ2n) is 6.46. The van der Waals surface area contributed by atoms with Gasteiger partial charge in [0.25, 0.3) is 0 Å². The quantitative estimate of drug-likeness (QED) is 0.810. The van der Waals surface area contributed by atoms with Crippen LogP contribution in [0.1, 0.15) is 24.0 Å². The lowest BCUT2D eigenvalue weighted by Gasteiger charge is -2.36. The minimum Gasteiger partial charge on any atom is -0.489 e. The first kappa shape index (κ1) is 19.1. The highest BCUT2D eigenvalue weighted by Gasteiger charge is 2.35. The predicted octanol–water partition coefficient (Wildman–Crippen LogP) is 3.55. The van der Waals surface area contributed by atoms with Gasteiger partial charge in [0, 0.05) is 44.9 Å². The van der Waals surface area contributed by atoms with Gasteiger partial charge in [-0.05, 0) is 35.4 Å². The molecule has 3 N–H and O–H groups in total.